The lowest BCUT2D eigenvalue weighted by atomic mass is 10.3. The molecule has 1 saturated heterocycles. The summed E-state index contributed by atoms with van der Waals surface area (Å²) >= 11 is 5.76. The van der Waals surface area contributed by atoms with Crippen LogP contribution in [-0.2, 0) is 25.7 Å². The van der Waals surface area contributed by atoms with Crippen LogP contribution >= 0.6 is 11.6 Å². The summed E-state index contributed by atoms with van der Waals surface area (Å²) in [6, 6.07) is -0.551. The average molecular weight is 342 g/mol. The van der Waals surface area contributed by atoms with E-state index in [0.717, 1.165) is 4.31 Å². The van der Waals surface area contributed by atoms with Crippen LogP contribution in [0.25, 0.3) is 0 Å². The molecule has 0 amide bonds. The van der Waals surface area contributed by atoms with Crippen molar-refractivity contribution in [3.05, 3.63) is 11.3 Å². The van der Waals surface area contributed by atoms with Crippen LogP contribution < -0.4 is 0 Å². The van der Waals surface area contributed by atoms with Crippen molar-refractivity contribution in [2.24, 2.45) is 0 Å². The van der Waals surface area contributed by atoms with Gasteiger partial charge in [-0.3, -0.25) is 5.10 Å². The predicted molar refractivity (Wildman–Crippen MR) is 74.9 cm³/mol. The molecular formula is C10H16ClN3O4S2. The number of halogens is 1. The van der Waals surface area contributed by atoms with Crippen molar-refractivity contribution in [3.8, 4) is 0 Å². The molecule has 10 heteroatoms. The van der Waals surface area contributed by atoms with E-state index in [1.165, 1.54) is 7.05 Å². The van der Waals surface area contributed by atoms with Crippen LogP contribution in [0.5, 0.6) is 0 Å². The number of aromatic amines is 1. The van der Waals surface area contributed by atoms with Crippen LogP contribution in [0.3, 0.4) is 0 Å². The van der Waals surface area contributed by atoms with E-state index < -0.39 is 25.9 Å². The number of hydrogen-bond acceptors (Lipinski definition) is 5. The molecule has 0 bridgehead atoms. The van der Waals surface area contributed by atoms with Crippen molar-refractivity contribution in [1.82, 2.24) is 14.5 Å². The minimum absolute atomic E-state index is 0.0134. The lowest BCUT2D eigenvalue weighted by molar-refractivity contribution is 0.392. The number of nitrogens with zero attached hydrogens (tertiary/aromatic N) is 2. The molecule has 2 rings (SSSR count). The Morgan fingerprint density at radius 2 is 2.15 bits per heavy atom. The summed E-state index contributed by atoms with van der Waals surface area (Å²) in [6.45, 7) is 1.68. The van der Waals surface area contributed by atoms with Crippen molar-refractivity contribution < 1.29 is 16.8 Å². The molecule has 1 N–H and O–H groups in total. The normalized spacial score (nSPS) is 22.5. The molecule has 1 aromatic rings. The molecule has 2 heterocycles. The SMILES string of the molecule is Cc1[nH]nc(S(=O)(=O)N(C)C2CCS(=O)(=O)C2)c1CCl. The molecule has 0 saturated carbocycles. The number of sulfone groups is 1. The molecule has 1 aliphatic rings. The van der Waals surface area contributed by atoms with Crippen LogP contribution in [0.15, 0.2) is 5.03 Å². The Balaban J connectivity index is 2.35. The number of sulfonamides is 1. The van der Waals surface area contributed by atoms with Crippen LogP contribution in [0.2, 0.25) is 0 Å². The molecular weight excluding hydrogens is 326 g/mol. The Labute approximate surface area is 123 Å². The Kier molecular flexibility index (Phi) is 4.16. The predicted octanol–water partition coefficient (Wildman–Crippen LogP) is 0.265. The standard InChI is InChI=1S/C10H16ClN3O4S2/c1-7-9(5-11)10(13-12-7)20(17,18)14(2)8-3-4-19(15,16)6-8/h8H,3-6H2,1-2H3,(H,12,13). The number of rotatable bonds is 4. The second-order valence-electron chi connectivity index (χ2n) is 4.84. The van der Waals surface area contributed by atoms with Gasteiger partial charge in [0.1, 0.15) is 0 Å². The fourth-order valence-electron chi connectivity index (χ4n) is 2.20. The Bertz CT molecular complexity index is 711. The van der Waals surface area contributed by atoms with Crippen molar-refractivity contribution in [3.63, 3.8) is 0 Å². The van der Waals surface area contributed by atoms with Gasteiger partial charge in [-0.25, -0.2) is 16.8 Å². The van der Waals surface area contributed by atoms with Gasteiger partial charge in [-0.05, 0) is 13.3 Å². The zero-order valence-corrected chi connectivity index (χ0v) is 13.5. The first-order chi connectivity index (χ1) is 9.19. The summed E-state index contributed by atoms with van der Waals surface area (Å²) in [5, 5.41) is 6.27. The maximum Gasteiger partial charge on any atom is 0.262 e. The number of hydrogen-bond donors (Lipinski definition) is 1. The number of nitrogens with one attached hydrogen (secondary N) is 1. The maximum absolute atomic E-state index is 12.5. The van der Waals surface area contributed by atoms with Crippen LogP contribution in [-0.4, -0.2) is 55.9 Å². The molecule has 1 atom stereocenters. The van der Waals surface area contributed by atoms with Crippen molar-refractivity contribution in [1.29, 1.82) is 0 Å². The van der Waals surface area contributed by atoms with Crippen LogP contribution in [0.4, 0.5) is 0 Å². The molecule has 1 fully saturated rings. The minimum Gasteiger partial charge on any atom is -0.281 e. The molecule has 1 aliphatic heterocycles. The molecule has 7 nitrogen and oxygen atoms in total. The number of aryl methyl sites for hydroxylation is 1. The summed E-state index contributed by atoms with van der Waals surface area (Å²) in [7, 11) is -5.63. The summed E-state index contributed by atoms with van der Waals surface area (Å²) in [6.07, 6.45) is 0.303. The summed E-state index contributed by atoms with van der Waals surface area (Å²) in [5.41, 5.74) is 1.00. The van der Waals surface area contributed by atoms with Crippen molar-refractivity contribution in [2.75, 3.05) is 18.6 Å². The van der Waals surface area contributed by atoms with Gasteiger partial charge in [-0.2, -0.15) is 9.40 Å². The topological polar surface area (TPSA) is 100 Å². The Morgan fingerprint density at radius 1 is 1.50 bits per heavy atom. The van der Waals surface area contributed by atoms with E-state index >= 15 is 0 Å². The highest BCUT2D eigenvalue weighted by molar-refractivity contribution is 7.92. The Morgan fingerprint density at radius 3 is 2.65 bits per heavy atom. The molecule has 114 valence electrons. The van der Waals surface area contributed by atoms with Crippen molar-refractivity contribution >= 4 is 31.5 Å². The van der Waals surface area contributed by atoms with E-state index in [4.69, 9.17) is 11.6 Å². The highest BCUT2D eigenvalue weighted by atomic mass is 35.5. The first-order valence-electron chi connectivity index (χ1n) is 5.97. The molecule has 1 aromatic heterocycles. The fourth-order valence-corrected chi connectivity index (χ4v) is 6.01. The third-order valence-corrected chi connectivity index (χ3v) is 7.42. The number of aromatic nitrogens is 2. The van der Waals surface area contributed by atoms with Gasteiger partial charge in [-0.1, -0.05) is 0 Å². The van der Waals surface area contributed by atoms with E-state index in [-0.39, 0.29) is 22.4 Å². The van der Waals surface area contributed by atoms with E-state index in [1.54, 1.807) is 6.92 Å². The lowest BCUT2D eigenvalue weighted by Gasteiger charge is -2.22. The molecule has 20 heavy (non-hydrogen) atoms. The maximum atomic E-state index is 12.5. The van der Waals surface area contributed by atoms with E-state index in [0.29, 0.717) is 17.7 Å². The lowest BCUT2D eigenvalue weighted by Crippen LogP contribution is -2.38. The van der Waals surface area contributed by atoms with Crippen LogP contribution in [0, 0.1) is 6.92 Å². The van der Waals surface area contributed by atoms with Crippen molar-refractivity contribution in [2.45, 2.75) is 30.3 Å². The van der Waals surface area contributed by atoms with Gasteiger partial charge in [0.2, 0.25) is 0 Å². The molecule has 0 aliphatic carbocycles. The summed E-state index contributed by atoms with van der Waals surface area (Å²) in [4.78, 5) is 0. The summed E-state index contributed by atoms with van der Waals surface area (Å²) < 4.78 is 49.1. The third-order valence-electron chi connectivity index (χ3n) is 3.52. The Hall–Kier alpha value is -0.640. The molecule has 1 unspecified atom stereocenters. The fraction of sp³-hybridized carbons (Fsp3) is 0.700. The third kappa shape index (κ3) is 2.72. The molecule has 0 aromatic carbocycles. The molecule has 0 spiro atoms. The van der Waals surface area contributed by atoms with Gasteiger partial charge >= 0.3 is 0 Å². The molecule has 0 radical (unpaired) electrons. The second-order valence-corrected chi connectivity index (χ2v) is 9.25. The highest BCUT2D eigenvalue weighted by Crippen LogP contribution is 2.26. The first kappa shape index (κ1) is 15.7. The summed E-state index contributed by atoms with van der Waals surface area (Å²) in [5.74, 6) is -0.116. The van der Waals surface area contributed by atoms with Gasteiger partial charge in [0.05, 0.1) is 17.4 Å². The quantitative estimate of drug-likeness (QED) is 0.792. The average Bonchev–Trinajstić information content (AvgIpc) is 2.91. The number of H-pyrrole nitrogens is 1. The van der Waals surface area contributed by atoms with Gasteiger partial charge in [-0.15, -0.1) is 11.6 Å². The minimum atomic E-state index is -3.85. The highest BCUT2D eigenvalue weighted by Gasteiger charge is 2.38. The van der Waals surface area contributed by atoms with Crippen LogP contribution in [0.1, 0.15) is 17.7 Å². The van der Waals surface area contributed by atoms with Gasteiger partial charge in [0.25, 0.3) is 10.0 Å². The zero-order valence-electron chi connectivity index (χ0n) is 11.1. The van der Waals surface area contributed by atoms with E-state index in [2.05, 4.69) is 10.2 Å². The first-order valence-corrected chi connectivity index (χ1v) is 9.77. The second kappa shape index (κ2) is 5.28. The van der Waals surface area contributed by atoms with E-state index in [1.807, 2.05) is 0 Å². The zero-order chi connectivity index (χ0) is 15.1. The number of alkyl halides is 1. The van der Waals surface area contributed by atoms with Gasteiger partial charge in [0.15, 0.2) is 14.9 Å². The van der Waals surface area contributed by atoms with E-state index in [9.17, 15) is 16.8 Å². The largest absolute Gasteiger partial charge is 0.281 e. The van der Waals surface area contributed by atoms with Gasteiger partial charge < -0.3 is 0 Å². The monoisotopic (exact) mass is 341 g/mol. The van der Waals surface area contributed by atoms with Gasteiger partial charge in [0, 0.05) is 24.3 Å². The smallest absolute Gasteiger partial charge is 0.262 e.